The van der Waals surface area contributed by atoms with Crippen LogP contribution in [0.5, 0.6) is 0 Å². The molecule has 1 heterocycles. The molecule has 0 radical (unpaired) electrons. The highest BCUT2D eigenvalue weighted by Gasteiger charge is 2.18. The number of hydrogen-bond donors (Lipinski definition) is 2. The van der Waals surface area contributed by atoms with Crippen LogP contribution in [0.1, 0.15) is 13.3 Å². The van der Waals surface area contributed by atoms with Gasteiger partial charge in [-0.15, -0.1) is 0 Å². The van der Waals surface area contributed by atoms with E-state index in [9.17, 15) is 0 Å². The topological polar surface area (TPSA) is 61.3 Å². The maximum absolute atomic E-state index is 5.68. The van der Waals surface area contributed by atoms with E-state index in [1.807, 2.05) is 13.0 Å². The van der Waals surface area contributed by atoms with Gasteiger partial charge in [-0.25, -0.2) is 0 Å². The van der Waals surface area contributed by atoms with E-state index in [1.54, 1.807) is 0 Å². The van der Waals surface area contributed by atoms with Crippen LogP contribution in [0.15, 0.2) is 11.8 Å². The van der Waals surface area contributed by atoms with Crippen molar-refractivity contribution in [3.63, 3.8) is 0 Å². The highest BCUT2D eigenvalue weighted by atomic mass is 16.5. The highest BCUT2D eigenvalue weighted by molar-refractivity contribution is 5.02. The van der Waals surface area contributed by atoms with E-state index in [0.717, 1.165) is 12.2 Å². The molecule has 0 spiro atoms. The van der Waals surface area contributed by atoms with Crippen molar-refractivity contribution in [2.24, 2.45) is 11.5 Å². The molecular formula is C7H14N2O. The second kappa shape index (κ2) is 3.03. The Labute approximate surface area is 61.0 Å². The largest absolute Gasteiger partial charge is 0.492 e. The summed E-state index contributed by atoms with van der Waals surface area (Å²) in [6, 6.07) is 0.135. The van der Waals surface area contributed by atoms with Crippen LogP contribution in [0.25, 0.3) is 0 Å². The Hall–Kier alpha value is -0.540. The Balaban J connectivity index is 2.52. The van der Waals surface area contributed by atoms with Crippen LogP contribution in [-0.2, 0) is 4.74 Å². The van der Waals surface area contributed by atoms with Crippen molar-refractivity contribution in [1.82, 2.24) is 0 Å². The molecule has 0 bridgehead atoms. The van der Waals surface area contributed by atoms with Crippen LogP contribution in [0, 0.1) is 0 Å². The molecule has 0 fully saturated rings. The lowest BCUT2D eigenvalue weighted by molar-refractivity contribution is 0.0924. The Morgan fingerprint density at radius 2 is 2.50 bits per heavy atom. The summed E-state index contributed by atoms with van der Waals surface area (Å²) < 4.78 is 5.36. The lowest BCUT2D eigenvalue weighted by atomic mass is 10.1. The van der Waals surface area contributed by atoms with Crippen molar-refractivity contribution < 1.29 is 4.74 Å². The van der Waals surface area contributed by atoms with Crippen LogP contribution >= 0.6 is 0 Å². The zero-order chi connectivity index (χ0) is 7.56. The van der Waals surface area contributed by atoms with Crippen LogP contribution in [-0.4, -0.2) is 18.7 Å². The molecule has 1 unspecified atom stereocenters. The molecule has 2 atom stereocenters. The molecule has 0 aromatic carbocycles. The fourth-order valence-electron chi connectivity index (χ4n) is 0.965. The standard InChI is InChI=1S/C7H14N2O/c1-5-7(9)3-2-6(4-8)10-5/h2,5,7H,3-4,8-9H2,1H3/t5?,7-/m1/s1. The van der Waals surface area contributed by atoms with Gasteiger partial charge >= 0.3 is 0 Å². The van der Waals surface area contributed by atoms with E-state index >= 15 is 0 Å². The fraction of sp³-hybridized carbons (Fsp3) is 0.714. The van der Waals surface area contributed by atoms with E-state index in [-0.39, 0.29) is 12.1 Å². The summed E-state index contributed by atoms with van der Waals surface area (Å²) in [7, 11) is 0. The van der Waals surface area contributed by atoms with E-state index in [2.05, 4.69) is 0 Å². The van der Waals surface area contributed by atoms with Crippen LogP contribution in [0.2, 0.25) is 0 Å². The molecule has 10 heavy (non-hydrogen) atoms. The summed E-state index contributed by atoms with van der Waals surface area (Å²) in [4.78, 5) is 0. The van der Waals surface area contributed by atoms with Gasteiger partial charge in [0.25, 0.3) is 0 Å². The van der Waals surface area contributed by atoms with Crippen molar-refractivity contribution >= 4 is 0 Å². The van der Waals surface area contributed by atoms with Gasteiger partial charge in [0.15, 0.2) is 0 Å². The third-order valence-electron chi connectivity index (χ3n) is 1.76. The molecule has 0 aromatic rings. The lowest BCUT2D eigenvalue weighted by Crippen LogP contribution is -2.37. The molecule has 1 aliphatic rings. The Morgan fingerprint density at radius 1 is 1.80 bits per heavy atom. The molecule has 58 valence electrons. The zero-order valence-electron chi connectivity index (χ0n) is 6.21. The van der Waals surface area contributed by atoms with Crippen LogP contribution in [0.4, 0.5) is 0 Å². The van der Waals surface area contributed by atoms with E-state index in [1.165, 1.54) is 0 Å². The molecule has 0 aliphatic carbocycles. The third-order valence-corrected chi connectivity index (χ3v) is 1.76. The van der Waals surface area contributed by atoms with E-state index in [0.29, 0.717) is 6.54 Å². The van der Waals surface area contributed by atoms with Crippen molar-refractivity contribution in [3.8, 4) is 0 Å². The van der Waals surface area contributed by atoms with Gasteiger partial charge in [-0.1, -0.05) is 0 Å². The minimum atomic E-state index is 0.114. The molecule has 0 saturated heterocycles. The quantitative estimate of drug-likeness (QED) is 0.540. The molecule has 3 heteroatoms. The van der Waals surface area contributed by atoms with Gasteiger partial charge in [-0.05, 0) is 19.4 Å². The predicted octanol–water partition coefficient (Wildman–Crippen LogP) is -0.0349. The molecule has 0 amide bonds. The number of ether oxygens (including phenoxy) is 1. The third kappa shape index (κ3) is 1.49. The normalized spacial score (nSPS) is 32.9. The lowest BCUT2D eigenvalue weighted by Gasteiger charge is -2.26. The first-order valence-corrected chi connectivity index (χ1v) is 3.55. The van der Waals surface area contributed by atoms with Crippen LogP contribution < -0.4 is 11.5 Å². The van der Waals surface area contributed by atoms with Gasteiger partial charge in [0, 0.05) is 6.04 Å². The van der Waals surface area contributed by atoms with Crippen molar-refractivity contribution in [3.05, 3.63) is 11.8 Å². The Bertz CT molecular complexity index is 145. The molecule has 0 aromatic heterocycles. The first-order valence-electron chi connectivity index (χ1n) is 3.55. The zero-order valence-corrected chi connectivity index (χ0v) is 6.21. The Kier molecular flexibility index (Phi) is 2.29. The summed E-state index contributed by atoms with van der Waals surface area (Å²) in [5, 5.41) is 0. The summed E-state index contributed by atoms with van der Waals surface area (Å²) in [6.07, 6.45) is 2.96. The Morgan fingerprint density at radius 3 is 3.00 bits per heavy atom. The number of nitrogens with two attached hydrogens (primary N) is 2. The smallest absolute Gasteiger partial charge is 0.111 e. The average Bonchev–Trinajstić information content (AvgIpc) is 1.95. The van der Waals surface area contributed by atoms with Gasteiger partial charge in [-0.2, -0.15) is 0 Å². The molecular weight excluding hydrogens is 128 g/mol. The maximum Gasteiger partial charge on any atom is 0.111 e. The summed E-state index contributed by atoms with van der Waals surface area (Å²) in [5.74, 6) is 0.870. The molecule has 1 aliphatic heterocycles. The van der Waals surface area contributed by atoms with Gasteiger partial charge < -0.3 is 16.2 Å². The monoisotopic (exact) mass is 142 g/mol. The SMILES string of the molecule is CC1OC(CN)=CC[C@H]1N. The second-order valence-corrected chi connectivity index (χ2v) is 2.60. The van der Waals surface area contributed by atoms with E-state index < -0.39 is 0 Å². The first kappa shape index (κ1) is 7.57. The molecule has 0 saturated carbocycles. The highest BCUT2D eigenvalue weighted by Crippen LogP contribution is 2.14. The van der Waals surface area contributed by atoms with Crippen molar-refractivity contribution in [1.29, 1.82) is 0 Å². The first-order chi connectivity index (χ1) is 4.74. The fourth-order valence-corrected chi connectivity index (χ4v) is 0.965. The number of rotatable bonds is 1. The average molecular weight is 142 g/mol. The van der Waals surface area contributed by atoms with Crippen molar-refractivity contribution in [2.75, 3.05) is 6.54 Å². The predicted molar refractivity (Wildman–Crippen MR) is 40.3 cm³/mol. The van der Waals surface area contributed by atoms with E-state index in [4.69, 9.17) is 16.2 Å². The molecule has 3 nitrogen and oxygen atoms in total. The summed E-state index contributed by atoms with van der Waals surface area (Å²) in [5.41, 5.74) is 11.1. The van der Waals surface area contributed by atoms with Gasteiger partial charge in [-0.3, -0.25) is 0 Å². The van der Waals surface area contributed by atoms with Gasteiger partial charge in [0.1, 0.15) is 11.9 Å². The molecule has 1 rings (SSSR count). The maximum atomic E-state index is 5.68. The van der Waals surface area contributed by atoms with Gasteiger partial charge in [0.05, 0.1) is 6.54 Å². The minimum absolute atomic E-state index is 0.114. The molecule has 4 N–H and O–H groups in total. The number of hydrogen-bond acceptors (Lipinski definition) is 3. The van der Waals surface area contributed by atoms with Crippen molar-refractivity contribution in [2.45, 2.75) is 25.5 Å². The van der Waals surface area contributed by atoms with Crippen LogP contribution in [0.3, 0.4) is 0 Å². The minimum Gasteiger partial charge on any atom is -0.492 e. The summed E-state index contributed by atoms with van der Waals surface area (Å²) >= 11 is 0. The summed E-state index contributed by atoms with van der Waals surface area (Å²) in [6.45, 7) is 2.45. The van der Waals surface area contributed by atoms with Gasteiger partial charge in [0.2, 0.25) is 0 Å². The second-order valence-electron chi connectivity index (χ2n) is 2.60.